The van der Waals surface area contributed by atoms with Gasteiger partial charge in [0.05, 0.1) is 0 Å². The monoisotopic (exact) mass is 398 g/mol. The second-order valence-electron chi connectivity index (χ2n) is 5.96. The zero-order valence-corrected chi connectivity index (χ0v) is 15.7. The Bertz CT molecular complexity index is 940. The minimum atomic E-state index is -0.544. The molecule has 28 heavy (non-hydrogen) atoms. The molecular formula is C21H19ClN2O4. The van der Waals surface area contributed by atoms with E-state index in [1.54, 1.807) is 12.1 Å². The fourth-order valence-electron chi connectivity index (χ4n) is 2.45. The lowest BCUT2D eigenvalue weighted by Crippen LogP contribution is -2.41. The van der Waals surface area contributed by atoms with E-state index in [0.29, 0.717) is 23.0 Å². The molecule has 0 aliphatic carbocycles. The highest BCUT2D eigenvalue weighted by Crippen LogP contribution is 2.16. The van der Waals surface area contributed by atoms with Gasteiger partial charge in [0, 0.05) is 11.4 Å². The fraction of sp³-hybridized carbons (Fsp3) is 0.143. The van der Waals surface area contributed by atoms with Crippen molar-refractivity contribution >= 4 is 23.4 Å². The average molecular weight is 399 g/mol. The molecule has 0 unspecified atom stereocenters. The number of amides is 2. The highest BCUT2D eigenvalue weighted by molar-refractivity contribution is 6.31. The molecule has 0 aliphatic rings. The van der Waals surface area contributed by atoms with Crippen LogP contribution >= 0.6 is 11.6 Å². The highest BCUT2D eigenvalue weighted by Gasteiger charge is 2.13. The van der Waals surface area contributed by atoms with E-state index in [2.05, 4.69) is 10.9 Å². The van der Waals surface area contributed by atoms with Crippen LogP contribution < -0.4 is 15.6 Å². The number of carbonyl (C=O) groups excluding carboxylic acids is 2. The predicted octanol–water partition coefficient (Wildman–Crippen LogP) is 3.91. The third-order valence-electron chi connectivity index (χ3n) is 3.90. The van der Waals surface area contributed by atoms with Crippen molar-refractivity contribution in [2.24, 2.45) is 0 Å². The van der Waals surface area contributed by atoms with E-state index in [1.807, 2.05) is 48.5 Å². The lowest BCUT2D eigenvalue weighted by atomic mass is 10.1. The molecule has 2 amide bonds. The topological polar surface area (TPSA) is 80.6 Å². The zero-order chi connectivity index (χ0) is 19.8. The van der Waals surface area contributed by atoms with Crippen molar-refractivity contribution in [2.75, 3.05) is 0 Å². The maximum Gasteiger partial charge on any atom is 0.305 e. The normalized spacial score (nSPS) is 10.3. The van der Waals surface area contributed by atoms with E-state index in [4.69, 9.17) is 20.8 Å². The van der Waals surface area contributed by atoms with Crippen LogP contribution in [0.4, 0.5) is 0 Å². The summed E-state index contributed by atoms with van der Waals surface area (Å²) in [5, 5.41) is 0.611. The van der Waals surface area contributed by atoms with E-state index in [-0.39, 0.29) is 24.7 Å². The van der Waals surface area contributed by atoms with Crippen molar-refractivity contribution in [1.29, 1.82) is 0 Å². The number of para-hydroxylation sites is 1. The molecule has 0 radical (unpaired) electrons. The molecule has 0 aliphatic heterocycles. The third kappa shape index (κ3) is 5.62. The number of rotatable bonds is 7. The van der Waals surface area contributed by atoms with Gasteiger partial charge in [0.2, 0.25) is 5.91 Å². The largest absolute Gasteiger partial charge is 0.486 e. The van der Waals surface area contributed by atoms with E-state index in [1.165, 1.54) is 6.07 Å². The van der Waals surface area contributed by atoms with E-state index < -0.39 is 5.91 Å². The molecule has 1 aromatic heterocycles. The van der Waals surface area contributed by atoms with Crippen LogP contribution in [0, 0.1) is 0 Å². The minimum Gasteiger partial charge on any atom is -0.486 e. The van der Waals surface area contributed by atoms with Crippen molar-refractivity contribution < 1.29 is 18.7 Å². The molecule has 0 atom stereocenters. The molecule has 3 aromatic rings. The Morgan fingerprint density at radius 2 is 1.68 bits per heavy atom. The molecule has 3 rings (SSSR count). The van der Waals surface area contributed by atoms with E-state index in [9.17, 15) is 9.59 Å². The van der Waals surface area contributed by atoms with Crippen molar-refractivity contribution in [3.63, 3.8) is 0 Å². The second kappa shape index (κ2) is 9.62. The first-order valence-electron chi connectivity index (χ1n) is 8.71. The van der Waals surface area contributed by atoms with Crippen LogP contribution in [0.2, 0.25) is 5.02 Å². The van der Waals surface area contributed by atoms with Crippen LogP contribution in [0.3, 0.4) is 0 Å². The number of benzene rings is 2. The number of furan rings is 1. The second-order valence-corrected chi connectivity index (χ2v) is 6.37. The van der Waals surface area contributed by atoms with Crippen molar-refractivity contribution in [3.8, 4) is 5.75 Å². The van der Waals surface area contributed by atoms with Gasteiger partial charge in [0.15, 0.2) is 5.76 Å². The molecule has 0 bridgehead atoms. The van der Waals surface area contributed by atoms with Crippen molar-refractivity contribution in [3.05, 3.63) is 88.8 Å². The quantitative estimate of drug-likeness (QED) is 0.591. The summed E-state index contributed by atoms with van der Waals surface area (Å²) >= 11 is 6.06. The van der Waals surface area contributed by atoms with Gasteiger partial charge in [0.25, 0.3) is 0 Å². The van der Waals surface area contributed by atoms with E-state index in [0.717, 1.165) is 5.56 Å². The van der Waals surface area contributed by atoms with Crippen molar-refractivity contribution in [1.82, 2.24) is 10.9 Å². The van der Waals surface area contributed by atoms with Crippen molar-refractivity contribution in [2.45, 2.75) is 19.4 Å². The van der Waals surface area contributed by atoms with Crippen LogP contribution in [-0.2, 0) is 17.8 Å². The van der Waals surface area contributed by atoms with Crippen LogP contribution in [0.5, 0.6) is 5.75 Å². The first-order valence-corrected chi connectivity index (χ1v) is 9.09. The van der Waals surface area contributed by atoms with Gasteiger partial charge < -0.3 is 9.15 Å². The Hall–Kier alpha value is -3.25. The average Bonchev–Trinajstić information content (AvgIpc) is 3.20. The van der Waals surface area contributed by atoms with Gasteiger partial charge in [-0.15, -0.1) is 0 Å². The fourth-order valence-corrected chi connectivity index (χ4v) is 2.68. The first kappa shape index (κ1) is 19.5. The summed E-state index contributed by atoms with van der Waals surface area (Å²) < 4.78 is 11.0. The Kier molecular flexibility index (Phi) is 6.70. The number of hydrogen-bond donors (Lipinski definition) is 2. The van der Waals surface area contributed by atoms with Gasteiger partial charge in [-0.05, 0) is 42.3 Å². The van der Waals surface area contributed by atoms with Gasteiger partial charge in [-0.25, -0.2) is 0 Å². The molecule has 2 aromatic carbocycles. The number of halogens is 1. The number of ether oxygens (including phenoxy) is 1. The maximum absolute atomic E-state index is 12.1. The summed E-state index contributed by atoms with van der Waals surface area (Å²) in [5.41, 5.74) is 5.57. The molecule has 0 saturated carbocycles. The Balaban J connectivity index is 1.42. The molecule has 0 fully saturated rings. The van der Waals surface area contributed by atoms with Crippen LogP contribution in [-0.4, -0.2) is 11.8 Å². The molecule has 2 N–H and O–H groups in total. The SMILES string of the molecule is O=C(CCc1ccccc1Cl)NNC(=O)c1ccc(COc2ccccc2)o1. The predicted molar refractivity (Wildman–Crippen MR) is 105 cm³/mol. The summed E-state index contributed by atoms with van der Waals surface area (Å²) in [5.74, 6) is 0.414. The smallest absolute Gasteiger partial charge is 0.305 e. The van der Waals surface area contributed by atoms with Gasteiger partial charge in [0.1, 0.15) is 18.1 Å². The number of hydrazine groups is 1. The van der Waals surface area contributed by atoms with Gasteiger partial charge in [-0.3, -0.25) is 20.4 Å². The Labute approximate surface area is 167 Å². The maximum atomic E-state index is 12.1. The molecular weight excluding hydrogens is 380 g/mol. The molecule has 1 heterocycles. The summed E-state index contributed by atoms with van der Waals surface area (Å²) in [6.45, 7) is 0.196. The standard InChI is InChI=1S/C21H19ClN2O4/c22-18-9-5-4-6-15(18)10-13-20(25)23-24-21(26)19-12-11-17(28-19)14-27-16-7-2-1-3-8-16/h1-9,11-12H,10,13-14H2,(H,23,25)(H,24,26). The number of hydrogen-bond acceptors (Lipinski definition) is 4. The lowest BCUT2D eigenvalue weighted by Gasteiger charge is -2.07. The highest BCUT2D eigenvalue weighted by atomic mass is 35.5. The minimum absolute atomic E-state index is 0.0815. The summed E-state index contributed by atoms with van der Waals surface area (Å²) in [6.07, 6.45) is 0.668. The molecule has 0 saturated heterocycles. The third-order valence-corrected chi connectivity index (χ3v) is 4.27. The first-order chi connectivity index (χ1) is 13.6. The van der Waals surface area contributed by atoms with Crippen LogP contribution in [0.1, 0.15) is 28.3 Å². The number of carbonyl (C=O) groups is 2. The van der Waals surface area contributed by atoms with Crippen LogP contribution in [0.25, 0.3) is 0 Å². The molecule has 7 heteroatoms. The number of aryl methyl sites for hydroxylation is 1. The zero-order valence-electron chi connectivity index (χ0n) is 15.0. The Morgan fingerprint density at radius 1 is 0.929 bits per heavy atom. The number of nitrogens with one attached hydrogen (secondary N) is 2. The molecule has 6 nitrogen and oxygen atoms in total. The van der Waals surface area contributed by atoms with Gasteiger partial charge in [-0.2, -0.15) is 0 Å². The Morgan fingerprint density at radius 3 is 2.46 bits per heavy atom. The lowest BCUT2D eigenvalue weighted by molar-refractivity contribution is -0.121. The van der Waals surface area contributed by atoms with E-state index >= 15 is 0 Å². The summed E-state index contributed by atoms with van der Waals surface area (Å²) in [4.78, 5) is 24.0. The molecule has 144 valence electrons. The molecule has 0 spiro atoms. The van der Waals surface area contributed by atoms with Crippen LogP contribution in [0.15, 0.2) is 71.1 Å². The van der Waals surface area contributed by atoms with Gasteiger partial charge >= 0.3 is 5.91 Å². The summed E-state index contributed by atoms with van der Waals surface area (Å²) in [6, 6.07) is 19.8. The summed E-state index contributed by atoms with van der Waals surface area (Å²) in [7, 11) is 0. The van der Waals surface area contributed by atoms with Gasteiger partial charge in [-0.1, -0.05) is 48.0 Å².